The Hall–Kier alpha value is -2.12. The summed E-state index contributed by atoms with van der Waals surface area (Å²) in [6.45, 7) is 6.71. The maximum Gasteiger partial charge on any atom is 0.254 e. The summed E-state index contributed by atoms with van der Waals surface area (Å²) in [5, 5.41) is 6.33. The Morgan fingerprint density at radius 3 is 2.59 bits per heavy atom. The third kappa shape index (κ3) is 9.17. The fourth-order valence-electron chi connectivity index (χ4n) is 3.49. The fourth-order valence-corrected chi connectivity index (χ4v) is 4.36. The van der Waals surface area contributed by atoms with Crippen LogP contribution < -0.4 is 10.6 Å². The van der Waals surface area contributed by atoms with E-state index in [1.165, 1.54) is 12.1 Å². The lowest BCUT2D eigenvalue weighted by atomic mass is 10.0. The van der Waals surface area contributed by atoms with Crippen molar-refractivity contribution < 1.29 is 18.4 Å². The maximum atomic E-state index is 14.0. The summed E-state index contributed by atoms with van der Waals surface area (Å²) < 4.78 is 19.3. The summed E-state index contributed by atoms with van der Waals surface area (Å²) in [7, 11) is 0. The van der Waals surface area contributed by atoms with Crippen molar-refractivity contribution in [3.63, 3.8) is 0 Å². The lowest BCUT2D eigenvalue weighted by Gasteiger charge is -2.25. The van der Waals surface area contributed by atoms with E-state index in [0.717, 1.165) is 31.4 Å². The number of hydrogen-bond acceptors (Lipinski definition) is 5. The van der Waals surface area contributed by atoms with Gasteiger partial charge in [-0.25, -0.2) is 4.39 Å². The first kappa shape index (κ1) is 26.1. The van der Waals surface area contributed by atoms with Gasteiger partial charge >= 0.3 is 0 Å². The molecule has 0 aliphatic heterocycles. The Labute approximate surface area is 194 Å². The van der Waals surface area contributed by atoms with Gasteiger partial charge < -0.3 is 15.1 Å². The van der Waals surface area contributed by atoms with Crippen molar-refractivity contribution in [3.8, 4) is 0 Å². The summed E-state index contributed by atoms with van der Waals surface area (Å²) in [6, 6.07) is 9.25. The first-order chi connectivity index (χ1) is 15.4. The number of rotatable bonds is 15. The molecule has 2 unspecified atom stereocenters. The number of nitrogens with one attached hydrogen (secondary N) is 2. The number of unbranched alkanes of at least 4 members (excludes halogenated alkanes) is 1. The minimum absolute atomic E-state index is 0.0363. The van der Waals surface area contributed by atoms with Gasteiger partial charge in [-0.2, -0.15) is 0 Å². The van der Waals surface area contributed by atoms with Gasteiger partial charge in [-0.1, -0.05) is 45.7 Å². The molecule has 1 aromatic heterocycles. The van der Waals surface area contributed by atoms with E-state index in [9.17, 15) is 14.0 Å². The van der Waals surface area contributed by atoms with Crippen LogP contribution in [0, 0.1) is 11.7 Å². The molecule has 0 aliphatic carbocycles. The smallest absolute Gasteiger partial charge is 0.254 e. The molecule has 32 heavy (non-hydrogen) atoms. The zero-order valence-corrected chi connectivity index (χ0v) is 20.1. The van der Waals surface area contributed by atoms with E-state index in [4.69, 9.17) is 4.42 Å². The van der Waals surface area contributed by atoms with E-state index in [2.05, 4.69) is 31.4 Å². The Morgan fingerprint density at radius 2 is 1.94 bits per heavy atom. The molecule has 2 atom stereocenters. The van der Waals surface area contributed by atoms with Crippen molar-refractivity contribution in [3.05, 3.63) is 59.8 Å². The average Bonchev–Trinajstić information content (AvgIpc) is 3.27. The molecule has 1 aromatic carbocycles. The van der Waals surface area contributed by atoms with Gasteiger partial charge in [0.05, 0.1) is 29.4 Å². The normalized spacial score (nSPS) is 13.2. The first-order valence-corrected chi connectivity index (χ1v) is 12.5. The molecule has 0 bridgehead atoms. The Bertz CT molecular complexity index is 826. The molecule has 1 amide bonds. The summed E-state index contributed by atoms with van der Waals surface area (Å²) in [5.74, 6) is 1.45. The number of thioether (sulfide) groups is 1. The highest BCUT2D eigenvalue weighted by atomic mass is 32.2. The van der Waals surface area contributed by atoms with E-state index >= 15 is 0 Å². The highest BCUT2D eigenvalue weighted by Crippen LogP contribution is 2.15. The molecule has 0 aliphatic rings. The van der Waals surface area contributed by atoms with Crippen molar-refractivity contribution in [2.75, 3.05) is 12.3 Å². The highest BCUT2D eigenvalue weighted by Gasteiger charge is 2.22. The van der Waals surface area contributed by atoms with Gasteiger partial charge in [0.15, 0.2) is 5.78 Å². The molecule has 1 heterocycles. The SMILES string of the molecule is CCCCC(NCC(CC(C)C)NC(=O)c1ccccc1F)C(=O)CSCc1ccco1. The predicted molar refractivity (Wildman–Crippen MR) is 128 cm³/mol. The monoisotopic (exact) mass is 462 g/mol. The number of ketones is 1. The third-order valence-electron chi connectivity index (χ3n) is 5.12. The molecule has 0 spiro atoms. The van der Waals surface area contributed by atoms with Crippen LogP contribution >= 0.6 is 11.8 Å². The Kier molecular flexibility index (Phi) is 11.5. The molecule has 0 fully saturated rings. The minimum atomic E-state index is -0.536. The van der Waals surface area contributed by atoms with E-state index in [0.29, 0.717) is 24.0 Å². The van der Waals surface area contributed by atoms with E-state index in [1.807, 2.05) is 12.1 Å². The van der Waals surface area contributed by atoms with Crippen LogP contribution in [0.5, 0.6) is 0 Å². The zero-order valence-electron chi connectivity index (χ0n) is 19.2. The van der Waals surface area contributed by atoms with Crippen molar-refractivity contribution in [2.45, 2.75) is 64.3 Å². The van der Waals surface area contributed by atoms with Gasteiger partial charge in [0.2, 0.25) is 0 Å². The summed E-state index contributed by atoms with van der Waals surface area (Å²) in [6.07, 6.45) is 5.07. The predicted octanol–water partition coefficient (Wildman–Crippen LogP) is 5.21. The molecule has 2 rings (SSSR count). The molecule has 0 radical (unpaired) electrons. The lowest BCUT2D eigenvalue weighted by molar-refractivity contribution is -0.118. The number of halogens is 1. The van der Waals surface area contributed by atoms with Crippen LogP contribution in [0.25, 0.3) is 0 Å². The quantitative estimate of drug-likeness (QED) is 0.380. The second kappa shape index (κ2) is 14.1. The molecule has 2 aromatic rings. The van der Waals surface area contributed by atoms with Crippen LogP contribution in [-0.4, -0.2) is 36.1 Å². The third-order valence-corrected chi connectivity index (χ3v) is 6.10. The number of Topliss-reactive ketones (excluding diaryl/α,β-unsaturated/α-hetero) is 1. The van der Waals surface area contributed by atoms with Gasteiger partial charge in [-0.15, -0.1) is 11.8 Å². The maximum absolute atomic E-state index is 14.0. The first-order valence-electron chi connectivity index (χ1n) is 11.3. The molecule has 2 N–H and O–H groups in total. The number of carbonyl (C=O) groups is 2. The van der Waals surface area contributed by atoms with E-state index in [1.54, 1.807) is 30.2 Å². The zero-order chi connectivity index (χ0) is 23.3. The second-order valence-electron chi connectivity index (χ2n) is 8.42. The molecule has 7 heteroatoms. The Morgan fingerprint density at radius 1 is 1.16 bits per heavy atom. The topological polar surface area (TPSA) is 71.3 Å². The number of hydrogen-bond donors (Lipinski definition) is 2. The lowest BCUT2D eigenvalue weighted by Crippen LogP contribution is -2.48. The van der Waals surface area contributed by atoms with Crippen molar-refractivity contribution in [1.82, 2.24) is 10.6 Å². The van der Waals surface area contributed by atoms with Crippen LogP contribution in [0.3, 0.4) is 0 Å². The number of furan rings is 1. The number of benzene rings is 1. The molecule has 0 saturated heterocycles. The second-order valence-corrected chi connectivity index (χ2v) is 9.41. The highest BCUT2D eigenvalue weighted by molar-refractivity contribution is 7.99. The average molecular weight is 463 g/mol. The summed E-state index contributed by atoms with van der Waals surface area (Å²) >= 11 is 1.54. The van der Waals surface area contributed by atoms with Gasteiger partial charge in [0.25, 0.3) is 5.91 Å². The fraction of sp³-hybridized carbons (Fsp3) is 0.520. The van der Waals surface area contributed by atoms with Crippen LogP contribution in [0.4, 0.5) is 4.39 Å². The largest absolute Gasteiger partial charge is 0.468 e. The van der Waals surface area contributed by atoms with Gasteiger partial charge in [0.1, 0.15) is 11.6 Å². The summed E-state index contributed by atoms with van der Waals surface area (Å²) in [4.78, 5) is 25.5. The molecule has 0 saturated carbocycles. The molecular formula is C25H35FN2O3S. The van der Waals surface area contributed by atoms with Gasteiger partial charge in [-0.05, 0) is 43.0 Å². The van der Waals surface area contributed by atoms with Crippen LogP contribution in [-0.2, 0) is 10.5 Å². The van der Waals surface area contributed by atoms with Gasteiger partial charge in [0, 0.05) is 12.6 Å². The van der Waals surface area contributed by atoms with Crippen LogP contribution in [0.15, 0.2) is 47.1 Å². The van der Waals surface area contributed by atoms with E-state index in [-0.39, 0.29) is 23.4 Å². The van der Waals surface area contributed by atoms with Crippen molar-refractivity contribution >= 4 is 23.5 Å². The van der Waals surface area contributed by atoms with Crippen molar-refractivity contribution in [2.24, 2.45) is 5.92 Å². The minimum Gasteiger partial charge on any atom is -0.468 e. The summed E-state index contributed by atoms with van der Waals surface area (Å²) in [5.41, 5.74) is 0.0363. The van der Waals surface area contributed by atoms with Gasteiger partial charge in [-0.3, -0.25) is 9.59 Å². The molecular weight excluding hydrogens is 427 g/mol. The number of carbonyl (C=O) groups excluding carboxylic acids is 2. The van der Waals surface area contributed by atoms with Crippen molar-refractivity contribution in [1.29, 1.82) is 0 Å². The van der Waals surface area contributed by atoms with Crippen LogP contribution in [0.1, 0.15) is 62.6 Å². The molecule has 176 valence electrons. The Balaban J connectivity index is 1.94. The number of amides is 1. The van der Waals surface area contributed by atoms with E-state index < -0.39 is 11.7 Å². The standard InChI is InChI=1S/C25H35FN2O3S/c1-4-5-12-23(24(29)17-32-16-20-9-8-13-31-20)27-15-19(14-18(2)3)28-25(30)21-10-6-7-11-22(21)26/h6-11,13,18-19,23,27H,4-5,12,14-17H2,1-3H3,(H,28,30). The molecule has 5 nitrogen and oxygen atoms in total. The van der Waals surface area contributed by atoms with Crippen LogP contribution in [0.2, 0.25) is 0 Å².